The van der Waals surface area contributed by atoms with E-state index in [1.54, 1.807) is 29.5 Å². The van der Waals surface area contributed by atoms with E-state index in [4.69, 9.17) is 10.00 Å². The molecule has 0 radical (unpaired) electrons. The molecule has 0 unspecified atom stereocenters. The summed E-state index contributed by atoms with van der Waals surface area (Å²) in [4.78, 5) is 14.9. The van der Waals surface area contributed by atoms with Crippen molar-refractivity contribution in [3.05, 3.63) is 26.6 Å². The zero-order valence-electron chi connectivity index (χ0n) is 9.41. The largest absolute Gasteiger partial charge is 0.466 e. The quantitative estimate of drug-likeness (QED) is 0.607. The Labute approximate surface area is 116 Å². The van der Waals surface area contributed by atoms with Gasteiger partial charge in [-0.15, -0.1) is 0 Å². The zero-order chi connectivity index (χ0) is 13.7. The number of ether oxygens (including phenoxy) is 1. The summed E-state index contributed by atoms with van der Waals surface area (Å²) < 4.78 is 30.0. The molecule has 18 heavy (non-hydrogen) atoms. The van der Waals surface area contributed by atoms with Gasteiger partial charge >= 0.3 is 5.97 Å². The number of alkyl halides is 2. The maximum Gasteiger partial charge on any atom is 0.310 e. The number of esters is 1. The van der Waals surface area contributed by atoms with Gasteiger partial charge in [-0.2, -0.15) is 5.26 Å². The fraction of sp³-hybridized carbons (Fsp3) is 0.364. The second kappa shape index (κ2) is 6.58. The van der Waals surface area contributed by atoms with Crippen LogP contribution in [0.1, 0.15) is 30.2 Å². The van der Waals surface area contributed by atoms with Crippen molar-refractivity contribution in [2.24, 2.45) is 0 Å². The first-order valence-corrected chi connectivity index (χ1v) is 6.10. The number of nitriles is 1. The van der Waals surface area contributed by atoms with E-state index >= 15 is 0 Å². The third-order valence-corrected chi connectivity index (χ3v) is 3.18. The lowest BCUT2D eigenvalue weighted by Crippen LogP contribution is -2.11. The minimum atomic E-state index is -2.75. The molecule has 96 valence electrons. The first-order valence-electron chi connectivity index (χ1n) is 5.02. The summed E-state index contributed by atoms with van der Waals surface area (Å²) in [6, 6.07) is 1.82. The van der Waals surface area contributed by atoms with Crippen LogP contribution in [-0.2, 0) is 16.0 Å². The number of aromatic nitrogens is 1. The topological polar surface area (TPSA) is 63.0 Å². The molecule has 1 heterocycles. The van der Waals surface area contributed by atoms with Gasteiger partial charge in [-0.05, 0) is 29.5 Å². The van der Waals surface area contributed by atoms with Crippen molar-refractivity contribution in [2.75, 3.05) is 6.61 Å². The lowest BCUT2D eigenvalue weighted by molar-refractivity contribution is -0.142. The highest BCUT2D eigenvalue weighted by atomic mass is 127. The molecule has 0 fully saturated rings. The molecule has 0 amide bonds. The molecule has 0 aromatic carbocycles. The van der Waals surface area contributed by atoms with Crippen LogP contribution in [0.25, 0.3) is 0 Å². The molecule has 0 spiro atoms. The predicted octanol–water partition coefficient (Wildman–Crippen LogP) is 2.60. The molecule has 0 aliphatic heterocycles. The van der Waals surface area contributed by atoms with Crippen molar-refractivity contribution in [1.29, 1.82) is 5.26 Å². The molecule has 0 bridgehead atoms. The maximum atomic E-state index is 12.6. The number of hydrogen-bond acceptors (Lipinski definition) is 4. The summed E-state index contributed by atoms with van der Waals surface area (Å²) in [6.07, 6.45) is -1.77. The smallest absolute Gasteiger partial charge is 0.310 e. The highest BCUT2D eigenvalue weighted by Gasteiger charge is 2.20. The van der Waals surface area contributed by atoms with Crippen molar-refractivity contribution in [2.45, 2.75) is 19.8 Å². The minimum absolute atomic E-state index is 0.0500. The lowest BCUT2D eigenvalue weighted by Gasteiger charge is -2.08. The highest BCUT2D eigenvalue weighted by Crippen LogP contribution is 2.26. The normalized spacial score (nSPS) is 10.2. The van der Waals surface area contributed by atoms with E-state index in [2.05, 4.69) is 4.98 Å². The summed E-state index contributed by atoms with van der Waals surface area (Å²) in [7, 11) is 0. The zero-order valence-corrected chi connectivity index (χ0v) is 11.6. The Bertz CT molecular complexity index is 501. The highest BCUT2D eigenvalue weighted by molar-refractivity contribution is 14.1. The Balaban J connectivity index is 3.12. The lowest BCUT2D eigenvalue weighted by atomic mass is 10.1. The number of carbonyl (C=O) groups excluding carboxylic acids is 1. The van der Waals surface area contributed by atoms with E-state index in [1.807, 2.05) is 6.07 Å². The van der Waals surface area contributed by atoms with Crippen LogP contribution < -0.4 is 0 Å². The van der Waals surface area contributed by atoms with Gasteiger partial charge in [0, 0.05) is 11.8 Å². The fourth-order valence-corrected chi connectivity index (χ4v) is 2.15. The molecule has 1 rings (SSSR count). The van der Waals surface area contributed by atoms with Crippen LogP contribution in [0, 0.1) is 14.9 Å². The summed E-state index contributed by atoms with van der Waals surface area (Å²) in [5.41, 5.74) is -0.0986. The van der Waals surface area contributed by atoms with Crippen LogP contribution in [-0.4, -0.2) is 17.6 Å². The van der Waals surface area contributed by atoms with E-state index in [1.165, 1.54) is 0 Å². The predicted molar refractivity (Wildman–Crippen MR) is 67.0 cm³/mol. The van der Waals surface area contributed by atoms with Crippen molar-refractivity contribution in [1.82, 2.24) is 4.98 Å². The van der Waals surface area contributed by atoms with Gasteiger partial charge < -0.3 is 4.74 Å². The molecule has 0 N–H and O–H groups in total. The van der Waals surface area contributed by atoms with Crippen LogP contribution in [0.15, 0.2) is 6.20 Å². The van der Waals surface area contributed by atoms with Gasteiger partial charge in [0.2, 0.25) is 0 Å². The minimum Gasteiger partial charge on any atom is -0.466 e. The van der Waals surface area contributed by atoms with Gasteiger partial charge in [0.1, 0.15) is 11.8 Å². The first-order chi connectivity index (χ1) is 8.51. The van der Waals surface area contributed by atoms with E-state index in [0.717, 1.165) is 6.20 Å². The summed E-state index contributed by atoms with van der Waals surface area (Å²) in [5, 5.41) is 8.97. The maximum absolute atomic E-state index is 12.6. The second-order valence-electron chi connectivity index (χ2n) is 3.25. The van der Waals surface area contributed by atoms with E-state index in [-0.39, 0.29) is 22.2 Å². The molecular formula is C11H9F2IN2O2. The van der Waals surface area contributed by atoms with Crippen LogP contribution in [0.4, 0.5) is 8.78 Å². The molecule has 0 saturated heterocycles. The fourth-order valence-electron chi connectivity index (χ4n) is 1.31. The number of nitrogens with zero attached hydrogens (tertiary/aromatic N) is 2. The first kappa shape index (κ1) is 14.8. The Morgan fingerprint density at radius 3 is 2.83 bits per heavy atom. The van der Waals surface area contributed by atoms with Gasteiger partial charge in [0.25, 0.3) is 6.43 Å². The number of pyridine rings is 1. The van der Waals surface area contributed by atoms with Crippen molar-refractivity contribution in [3.8, 4) is 6.07 Å². The molecule has 7 heteroatoms. The van der Waals surface area contributed by atoms with Gasteiger partial charge in [-0.1, -0.05) is 0 Å². The molecule has 0 aliphatic carbocycles. The van der Waals surface area contributed by atoms with Gasteiger partial charge in [0.05, 0.1) is 22.2 Å². The second-order valence-corrected chi connectivity index (χ2v) is 4.33. The molecule has 1 aromatic rings. The van der Waals surface area contributed by atoms with Crippen molar-refractivity contribution < 1.29 is 18.3 Å². The van der Waals surface area contributed by atoms with Crippen LogP contribution in [0.3, 0.4) is 0 Å². The third kappa shape index (κ3) is 3.35. The molecule has 4 nitrogen and oxygen atoms in total. The summed E-state index contributed by atoms with van der Waals surface area (Å²) in [5.74, 6) is -0.517. The van der Waals surface area contributed by atoms with Crippen molar-refractivity contribution >= 4 is 28.6 Å². The van der Waals surface area contributed by atoms with Gasteiger partial charge in [0.15, 0.2) is 0 Å². The number of rotatable bonds is 4. The van der Waals surface area contributed by atoms with Crippen molar-refractivity contribution in [3.63, 3.8) is 0 Å². The van der Waals surface area contributed by atoms with E-state index in [0.29, 0.717) is 5.56 Å². The average molecular weight is 366 g/mol. The van der Waals surface area contributed by atoms with E-state index < -0.39 is 18.1 Å². The molecular weight excluding hydrogens is 357 g/mol. The van der Waals surface area contributed by atoms with E-state index in [9.17, 15) is 13.6 Å². The summed E-state index contributed by atoms with van der Waals surface area (Å²) >= 11 is 1.63. The molecule has 0 atom stereocenters. The average Bonchev–Trinajstić information content (AvgIpc) is 2.29. The molecule has 0 saturated carbocycles. The van der Waals surface area contributed by atoms with Crippen LogP contribution in [0.5, 0.6) is 0 Å². The SMILES string of the molecule is CCOC(=O)Cc1cnc(C(F)F)c(I)c1C#N. The Morgan fingerprint density at radius 2 is 2.33 bits per heavy atom. The molecule has 0 aliphatic rings. The third-order valence-electron chi connectivity index (χ3n) is 2.08. The standard InChI is InChI=1S/C11H9F2IN2O2/c1-2-18-8(17)3-6-5-16-10(11(12)13)9(14)7(6)4-15/h5,11H,2-3H2,1H3. The van der Waals surface area contributed by atoms with Crippen LogP contribution in [0.2, 0.25) is 0 Å². The number of hydrogen-bond donors (Lipinski definition) is 0. The van der Waals surface area contributed by atoms with Gasteiger partial charge in [-0.25, -0.2) is 8.78 Å². The Hall–Kier alpha value is -1.30. The number of halogens is 3. The number of carbonyl (C=O) groups is 1. The van der Waals surface area contributed by atoms with Gasteiger partial charge in [-0.3, -0.25) is 9.78 Å². The molecule has 1 aromatic heterocycles. The van der Waals surface area contributed by atoms with Crippen LogP contribution >= 0.6 is 22.6 Å². The Kier molecular flexibility index (Phi) is 5.40. The monoisotopic (exact) mass is 366 g/mol. The Morgan fingerprint density at radius 1 is 1.67 bits per heavy atom. The summed E-state index contributed by atoms with van der Waals surface area (Å²) in [6.45, 7) is 1.88.